The van der Waals surface area contributed by atoms with E-state index in [4.69, 9.17) is 6.42 Å². The van der Waals surface area contributed by atoms with Gasteiger partial charge in [0.25, 0.3) is 5.91 Å². The van der Waals surface area contributed by atoms with Crippen LogP contribution < -0.4 is 10.6 Å². The summed E-state index contributed by atoms with van der Waals surface area (Å²) in [5, 5.41) is 6.05. The van der Waals surface area contributed by atoms with Gasteiger partial charge in [0.1, 0.15) is 0 Å². The molecule has 0 saturated heterocycles. The number of hydrogen-bond donors (Lipinski definition) is 2. The molecule has 0 aliphatic rings. The lowest BCUT2D eigenvalue weighted by Gasteiger charge is -2.15. The Hall–Kier alpha value is -1.47. The zero-order valence-corrected chi connectivity index (χ0v) is 12.2. The van der Waals surface area contributed by atoms with E-state index in [0.717, 1.165) is 10.2 Å². The van der Waals surface area contributed by atoms with Gasteiger partial charge in [0.15, 0.2) is 0 Å². The zero-order valence-electron chi connectivity index (χ0n) is 10.6. The first-order valence-electron chi connectivity index (χ1n) is 5.82. The van der Waals surface area contributed by atoms with Crippen molar-refractivity contribution >= 4 is 27.5 Å². The molecule has 0 aliphatic heterocycles. The van der Waals surface area contributed by atoms with Crippen molar-refractivity contribution in [2.24, 2.45) is 0 Å². The molecule has 1 rings (SSSR count). The number of amides is 1. The van der Waals surface area contributed by atoms with Gasteiger partial charge < -0.3 is 10.6 Å². The van der Waals surface area contributed by atoms with Crippen LogP contribution >= 0.6 is 15.9 Å². The van der Waals surface area contributed by atoms with E-state index in [-0.39, 0.29) is 11.9 Å². The molecule has 1 aromatic rings. The molecule has 0 fully saturated rings. The molecule has 96 valence electrons. The van der Waals surface area contributed by atoms with Crippen molar-refractivity contribution in [1.29, 1.82) is 0 Å². The van der Waals surface area contributed by atoms with Crippen LogP contribution in [0.4, 0.5) is 5.69 Å². The molecule has 0 spiro atoms. The van der Waals surface area contributed by atoms with Crippen LogP contribution in [0, 0.1) is 12.3 Å². The smallest absolute Gasteiger partial charge is 0.253 e. The zero-order chi connectivity index (χ0) is 13.5. The molecular weight excluding hydrogens is 292 g/mol. The van der Waals surface area contributed by atoms with E-state index in [1.165, 1.54) is 0 Å². The van der Waals surface area contributed by atoms with Crippen LogP contribution in [0.2, 0.25) is 0 Å². The Kier molecular flexibility index (Phi) is 5.73. The molecule has 0 aromatic heterocycles. The number of terminal acetylenes is 1. The summed E-state index contributed by atoms with van der Waals surface area (Å²) < 4.78 is 0.936. The van der Waals surface area contributed by atoms with Crippen molar-refractivity contribution < 1.29 is 4.79 Å². The number of halogens is 1. The molecule has 3 nitrogen and oxygen atoms in total. The monoisotopic (exact) mass is 308 g/mol. The minimum absolute atomic E-state index is 0.110. The van der Waals surface area contributed by atoms with Crippen LogP contribution in [-0.4, -0.2) is 18.5 Å². The molecule has 0 heterocycles. The first-order chi connectivity index (χ1) is 8.54. The highest BCUT2D eigenvalue weighted by molar-refractivity contribution is 9.10. The fourth-order valence-corrected chi connectivity index (χ4v) is 1.85. The van der Waals surface area contributed by atoms with Gasteiger partial charge in [0.2, 0.25) is 0 Å². The molecule has 1 amide bonds. The lowest BCUT2D eigenvalue weighted by Crippen LogP contribution is -2.26. The first kappa shape index (κ1) is 14.6. The van der Waals surface area contributed by atoms with Gasteiger partial charge in [-0.2, -0.15) is 0 Å². The summed E-state index contributed by atoms with van der Waals surface area (Å²) in [5.41, 5.74) is 1.45. The maximum Gasteiger partial charge on any atom is 0.253 e. The Morgan fingerprint density at radius 1 is 1.50 bits per heavy atom. The molecule has 2 N–H and O–H groups in total. The number of rotatable bonds is 5. The van der Waals surface area contributed by atoms with E-state index in [0.29, 0.717) is 18.5 Å². The molecular formula is C14H17BrN2O. The van der Waals surface area contributed by atoms with E-state index in [1.54, 1.807) is 6.07 Å². The minimum atomic E-state index is -0.110. The largest absolute Gasteiger partial charge is 0.382 e. The number of carbonyl (C=O) groups is 1. The maximum absolute atomic E-state index is 12.0. The number of nitrogens with one attached hydrogen (secondary N) is 2. The molecule has 0 atom stereocenters. The van der Waals surface area contributed by atoms with Crippen molar-refractivity contribution in [3.63, 3.8) is 0 Å². The van der Waals surface area contributed by atoms with E-state index in [9.17, 15) is 4.79 Å². The normalized spacial score (nSPS) is 9.94. The highest BCUT2D eigenvalue weighted by atomic mass is 79.9. The Labute approximate surface area is 116 Å². The second-order valence-electron chi connectivity index (χ2n) is 4.20. The van der Waals surface area contributed by atoms with E-state index in [1.807, 2.05) is 26.0 Å². The average Bonchev–Trinajstić information content (AvgIpc) is 2.28. The second-order valence-corrected chi connectivity index (χ2v) is 5.11. The van der Waals surface area contributed by atoms with Gasteiger partial charge in [0, 0.05) is 29.2 Å². The van der Waals surface area contributed by atoms with Crippen LogP contribution in [0.3, 0.4) is 0 Å². The number of anilines is 1. The Bertz CT molecular complexity index is 463. The van der Waals surface area contributed by atoms with Crippen molar-refractivity contribution in [3.8, 4) is 12.3 Å². The Morgan fingerprint density at radius 2 is 2.22 bits per heavy atom. The molecule has 0 bridgehead atoms. The molecule has 0 unspecified atom stereocenters. The van der Waals surface area contributed by atoms with Crippen molar-refractivity contribution in [1.82, 2.24) is 5.32 Å². The summed E-state index contributed by atoms with van der Waals surface area (Å²) in [7, 11) is 0. The third-order valence-electron chi connectivity index (χ3n) is 2.23. The summed E-state index contributed by atoms with van der Waals surface area (Å²) in [6.45, 7) is 4.55. The fourth-order valence-electron chi connectivity index (χ4n) is 1.49. The van der Waals surface area contributed by atoms with Gasteiger partial charge in [-0.15, -0.1) is 12.3 Å². The standard InChI is InChI=1S/C14H17BrN2O/c1-4-5-8-16-14(18)12-7-6-11(15)9-13(12)17-10(2)3/h1,6-7,9-10,17H,5,8H2,2-3H3,(H,16,18). The third-order valence-corrected chi connectivity index (χ3v) is 2.72. The summed E-state index contributed by atoms with van der Waals surface area (Å²) in [6, 6.07) is 5.80. The molecule has 1 aromatic carbocycles. The summed E-state index contributed by atoms with van der Waals surface area (Å²) in [6.07, 6.45) is 5.69. The van der Waals surface area contributed by atoms with Crippen molar-refractivity contribution in [2.45, 2.75) is 26.3 Å². The van der Waals surface area contributed by atoms with Gasteiger partial charge in [-0.25, -0.2) is 0 Å². The minimum Gasteiger partial charge on any atom is -0.382 e. The predicted octanol–water partition coefficient (Wildman–Crippen LogP) is 3.02. The first-order valence-corrected chi connectivity index (χ1v) is 6.61. The van der Waals surface area contributed by atoms with Crippen LogP contribution in [0.25, 0.3) is 0 Å². The van der Waals surface area contributed by atoms with Gasteiger partial charge in [-0.1, -0.05) is 15.9 Å². The maximum atomic E-state index is 12.0. The topological polar surface area (TPSA) is 41.1 Å². The van der Waals surface area contributed by atoms with E-state index >= 15 is 0 Å². The molecule has 0 aliphatic carbocycles. The molecule has 0 saturated carbocycles. The summed E-state index contributed by atoms with van der Waals surface area (Å²) >= 11 is 3.40. The van der Waals surface area contributed by atoms with Crippen LogP contribution in [0.1, 0.15) is 30.6 Å². The van der Waals surface area contributed by atoms with Crippen LogP contribution in [0.5, 0.6) is 0 Å². The SMILES string of the molecule is C#CCCNC(=O)c1ccc(Br)cc1NC(C)C. The number of carbonyl (C=O) groups excluding carboxylic acids is 1. The lowest BCUT2D eigenvalue weighted by atomic mass is 10.1. The molecule has 0 radical (unpaired) electrons. The Balaban J connectivity index is 2.86. The van der Waals surface area contributed by atoms with Gasteiger partial charge >= 0.3 is 0 Å². The van der Waals surface area contributed by atoms with Crippen molar-refractivity contribution in [2.75, 3.05) is 11.9 Å². The Morgan fingerprint density at radius 3 is 2.83 bits per heavy atom. The fraction of sp³-hybridized carbons (Fsp3) is 0.357. The van der Waals surface area contributed by atoms with Crippen LogP contribution in [-0.2, 0) is 0 Å². The molecule has 18 heavy (non-hydrogen) atoms. The van der Waals surface area contributed by atoms with Crippen LogP contribution in [0.15, 0.2) is 22.7 Å². The highest BCUT2D eigenvalue weighted by Crippen LogP contribution is 2.22. The third kappa shape index (κ3) is 4.42. The number of hydrogen-bond acceptors (Lipinski definition) is 2. The quantitative estimate of drug-likeness (QED) is 0.648. The molecule has 4 heteroatoms. The summed E-state index contributed by atoms with van der Waals surface area (Å²) in [4.78, 5) is 12.0. The second kappa shape index (κ2) is 7.07. The average molecular weight is 309 g/mol. The summed E-state index contributed by atoms with van der Waals surface area (Å²) in [5.74, 6) is 2.38. The van der Waals surface area contributed by atoms with E-state index in [2.05, 4.69) is 32.5 Å². The number of benzene rings is 1. The lowest BCUT2D eigenvalue weighted by molar-refractivity contribution is 0.0955. The predicted molar refractivity (Wildman–Crippen MR) is 78.7 cm³/mol. The van der Waals surface area contributed by atoms with Gasteiger partial charge in [-0.3, -0.25) is 4.79 Å². The van der Waals surface area contributed by atoms with Gasteiger partial charge in [0.05, 0.1) is 5.56 Å². The van der Waals surface area contributed by atoms with Gasteiger partial charge in [-0.05, 0) is 32.0 Å². The highest BCUT2D eigenvalue weighted by Gasteiger charge is 2.11. The van der Waals surface area contributed by atoms with Crippen molar-refractivity contribution in [3.05, 3.63) is 28.2 Å². The van der Waals surface area contributed by atoms with E-state index < -0.39 is 0 Å².